The minimum absolute atomic E-state index is 0.425. The second kappa shape index (κ2) is 7.31. The fourth-order valence-corrected chi connectivity index (χ4v) is 3.08. The first kappa shape index (κ1) is 16.3. The molecule has 0 aliphatic carbocycles. The topological polar surface area (TPSA) is 62.0 Å². The van der Waals surface area contributed by atoms with E-state index >= 15 is 0 Å². The lowest BCUT2D eigenvalue weighted by molar-refractivity contribution is 0.228. The summed E-state index contributed by atoms with van der Waals surface area (Å²) in [5.41, 5.74) is 2.38. The number of aryl methyl sites for hydroxylation is 1. The highest BCUT2D eigenvalue weighted by atomic mass is 16.5. The van der Waals surface area contributed by atoms with E-state index in [2.05, 4.69) is 21.2 Å². The molecule has 5 nitrogen and oxygen atoms in total. The molecule has 5 heteroatoms. The van der Waals surface area contributed by atoms with Crippen molar-refractivity contribution in [2.75, 3.05) is 24.6 Å². The number of para-hydroxylation sites is 1. The standard InChI is InChI=1S/C19H22N4O/c1-14-15(2)21-22-19(18(14)11-20)23-10-6-7-16(12-23)13-24-17-8-4-3-5-9-17/h3-5,8-9,16H,6-7,10,12-13H2,1-2H3. The number of nitriles is 1. The van der Waals surface area contributed by atoms with Gasteiger partial charge in [0.1, 0.15) is 17.4 Å². The van der Waals surface area contributed by atoms with E-state index in [-0.39, 0.29) is 0 Å². The molecule has 24 heavy (non-hydrogen) atoms. The average Bonchev–Trinajstić information content (AvgIpc) is 2.63. The van der Waals surface area contributed by atoms with Gasteiger partial charge in [-0.25, -0.2) is 0 Å². The summed E-state index contributed by atoms with van der Waals surface area (Å²) in [6.07, 6.45) is 2.20. The summed E-state index contributed by atoms with van der Waals surface area (Å²) >= 11 is 0. The van der Waals surface area contributed by atoms with Crippen LogP contribution in [0, 0.1) is 31.1 Å². The van der Waals surface area contributed by atoms with Gasteiger partial charge in [-0.3, -0.25) is 0 Å². The Morgan fingerprint density at radius 3 is 2.79 bits per heavy atom. The second-order valence-electron chi connectivity index (χ2n) is 6.30. The molecule has 1 aromatic carbocycles. The molecule has 1 atom stereocenters. The zero-order valence-corrected chi connectivity index (χ0v) is 14.2. The van der Waals surface area contributed by atoms with Crippen LogP contribution in [0.4, 0.5) is 5.82 Å². The Bertz CT molecular complexity index is 739. The molecule has 1 saturated heterocycles. The summed E-state index contributed by atoms with van der Waals surface area (Å²) in [5.74, 6) is 2.04. The molecular weight excluding hydrogens is 300 g/mol. The van der Waals surface area contributed by atoms with E-state index in [9.17, 15) is 5.26 Å². The third-order valence-electron chi connectivity index (χ3n) is 4.60. The van der Waals surface area contributed by atoms with Crippen molar-refractivity contribution >= 4 is 5.82 Å². The molecule has 0 bridgehead atoms. The Kier molecular flexibility index (Phi) is 4.95. The maximum Gasteiger partial charge on any atom is 0.169 e. The van der Waals surface area contributed by atoms with Crippen LogP contribution < -0.4 is 9.64 Å². The van der Waals surface area contributed by atoms with Crippen molar-refractivity contribution in [3.05, 3.63) is 47.2 Å². The van der Waals surface area contributed by atoms with Gasteiger partial charge < -0.3 is 9.64 Å². The predicted octanol–water partition coefficient (Wildman–Crippen LogP) is 3.26. The van der Waals surface area contributed by atoms with Crippen LogP contribution >= 0.6 is 0 Å². The van der Waals surface area contributed by atoms with Gasteiger partial charge in [-0.15, -0.1) is 5.10 Å². The summed E-state index contributed by atoms with van der Waals surface area (Å²) in [6.45, 7) is 6.26. The van der Waals surface area contributed by atoms with Crippen LogP contribution in [0.15, 0.2) is 30.3 Å². The normalized spacial score (nSPS) is 17.4. The summed E-state index contributed by atoms with van der Waals surface area (Å²) in [4.78, 5) is 2.18. The van der Waals surface area contributed by atoms with Crippen molar-refractivity contribution in [2.45, 2.75) is 26.7 Å². The van der Waals surface area contributed by atoms with Gasteiger partial charge in [-0.2, -0.15) is 10.4 Å². The highest BCUT2D eigenvalue weighted by Crippen LogP contribution is 2.26. The first-order valence-electron chi connectivity index (χ1n) is 8.36. The largest absolute Gasteiger partial charge is 0.493 e. The van der Waals surface area contributed by atoms with Crippen molar-refractivity contribution in [1.29, 1.82) is 5.26 Å². The number of aromatic nitrogens is 2. The Labute approximate surface area is 142 Å². The van der Waals surface area contributed by atoms with E-state index in [1.807, 2.05) is 44.2 Å². The molecule has 1 aliphatic rings. The minimum Gasteiger partial charge on any atom is -0.493 e. The van der Waals surface area contributed by atoms with Gasteiger partial charge >= 0.3 is 0 Å². The van der Waals surface area contributed by atoms with E-state index in [0.29, 0.717) is 23.9 Å². The number of hydrogen-bond acceptors (Lipinski definition) is 5. The van der Waals surface area contributed by atoms with Crippen molar-refractivity contribution in [3.8, 4) is 11.8 Å². The number of benzene rings is 1. The summed E-state index contributed by atoms with van der Waals surface area (Å²) in [5, 5.41) is 18.0. The maximum absolute atomic E-state index is 9.50. The van der Waals surface area contributed by atoms with E-state index in [1.54, 1.807) is 0 Å². The van der Waals surface area contributed by atoms with Crippen molar-refractivity contribution in [1.82, 2.24) is 10.2 Å². The van der Waals surface area contributed by atoms with Crippen LogP contribution in [0.5, 0.6) is 5.75 Å². The Morgan fingerprint density at radius 2 is 2.04 bits per heavy atom. The molecule has 2 heterocycles. The van der Waals surface area contributed by atoms with Crippen LogP contribution in [0.2, 0.25) is 0 Å². The van der Waals surface area contributed by atoms with Crippen LogP contribution in [0.1, 0.15) is 29.7 Å². The molecule has 3 rings (SSSR count). The fraction of sp³-hybridized carbons (Fsp3) is 0.421. The monoisotopic (exact) mass is 322 g/mol. The highest BCUT2D eigenvalue weighted by molar-refractivity contribution is 5.57. The lowest BCUT2D eigenvalue weighted by Gasteiger charge is -2.33. The fourth-order valence-electron chi connectivity index (χ4n) is 3.08. The molecule has 0 radical (unpaired) electrons. The number of rotatable bonds is 4. The van der Waals surface area contributed by atoms with E-state index in [1.165, 1.54) is 0 Å². The number of ether oxygens (including phenoxy) is 1. The maximum atomic E-state index is 9.50. The average molecular weight is 322 g/mol. The second-order valence-corrected chi connectivity index (χ2v) is 6.30. The molecule has 0 saturated carbocycles. The van der Waals surface area contributed by atoms with E-state index in [0.717, 1.165) is 42.9 Å². The minimum atomic E-state index is 0.425. The van der Waals surface area contributed by atoms with Gasteiger partial charge in [-0.05, 0) is 44.4 Å². The lowest BCUT2D eigenvalue weighted by Crippen LogP contribution is -2.39. The molecular formula is C19H22N4O. The Morgan fingerprint density at radius 1 is 1.25 bits per heavy atom. The molecule has 1 aromatic heterocycles. The molecule has 1 fully saturated rings. The van der Waals surface area contributed by atoms with E-state index < -0.39 is 0 Å². The van der Waals surface area contributed by atoms with Gasteiger partial charge in [0, 0.05) is 19.0 Å². The lowest BCUT2D eigenvalue weighted by atomic mass is 9.98. The Hall–Kier alpha value is -2.61. The molecule has 0 spiro atoms. The summed E-state index contributed by atoms with van der Waals surface area (Å²) in [7, 11) is 0. The third kappa shape index (κ3) is 3.48. The van der Waals surface area contributed by atoms with E-state index in [4.69, 9.17) is 4.74 Å². The van der Waals surface area contributed by atoms with Gasteiger partial charge in [-0.1, -0.05) is 18.2 Å². The molecule has 1 unspecified atom stereocenters. The van der Waals surface area contributed by atoms with Gasteiger partial charge in [0.15, 0.2) is 5.82 Å². The van der Waals surface area contributed by atoms with Crippen molar-refractivity contribution < 1.29 is 4.74 Å². The predicted molar refractivity (Wildman–Crippen MR) is 93.1 cm³/mol. The molecule has 0 N–H and O–H groups in total. The van der Waals surface area contributed by atoms with Crippen LogP contribution in [-0.4, -0.2) is 29.9 Å². The molecule has 1 aliphatic heterocycles. The van der Waals surface area contributed by atoms with Crippen LogP contribution in [0.25, 0.3) is 0 Å². The van der Waals surface area contributed by atoms with Crippen molar-refractivity contribution in [3.63, 3.8) is 0 Å². The third-order valence-corrected chi connectivity index (χ3v) is 4.60. The van der Waals surface area contributed by atoms with Crippen LogP contribution in [0.3, 0.4) is 0 Å². The molecule has 124 valence electrons. The first-order valence-corrected chi connectivity index (χ1v) is 8.36. The van der Waals surface area contributed by atoms with Crippen LogP contribution in [-0.2, 0) is 0 Å². The molecule has 0 amide bonds. The first-order chi connectivity index (χ1) is 11.7. The number of anilines is 1. The van der Waals surface area contributed by atoms with Crippen molar-refractivity contribution in [2.24, 2.45) is 5.92 Å². The van der Waals surface area contributed by atoms with Gasteiger partial charge in [0.2, 0.25) is 0 Å². The zero-order valence-electron chi connectivity index (χ0n) is 14.2. The zero-order chi connectivity index (χ0) is 16.9. The van der Waals surface area contributed by atoms with Gasteiger partial charge in [0.05, 0.1) is 12.3 Å². The number of piperidine rings is 1. The molecule has 2 aromatic rings. The number of hydrogen-bond donors (Lipinski definition) is 0. The number of nitrogens with zero attached hydrogens (tertiary/aromatic N) is 4. The Balaban J connectivity index is 1.70. The smallest absolute Gasteiger partial charge is 0.169 e. The highest BCUT2D eigenvalue weighted by Gasteiger charge is 2.25. The SMILES string of the molecule is Cc1nnc(N2CCCC(COc3ccccc3)C2)c(C#N)c1C. The summed E-state index contributed by atoms with van der Waals surface area (Å²) < 4.78 is 5.90. The quantitative estimate of drug-likeness (QED) is 0.864. The summed E-state index contributed by atoms with van der Waals surface area (Å²) in [6, 6.07) is 12.2. The van der Waals surface area contributed by atoms with Gasteiger partial charge in [0.25, 0.3) is 0 Å².